The third kappa shape index (κ3) is 4.36. The molecule has 0 bridgehead atoms. The highest BCUT2D eigenvalue weighted by molar-refractivity contribution is 7.98. The first-order valence-electron chi connectivity index (χ1n) is 6.44. The van der Waals surface area contributed by atoms with Crippen molar-refractivity contribution in [2.45, 2.75) is 30.4 Å². The minimum atomic E-state index is 0.732. The van der Waals surface area contributed by atoms with Gasteiger partial charge in [-0.15, -0.1) is 11.8 Å². The molecule has 0 saturated carbocycles. The number of thioether (sulfide) groups is 1. The summed E-state index contributed by atoms with van der Waals surface area (Å²) in [5.74, 6) is 2.25. The molecule has 0 unspecified atom stereocenters. The van der Waals surface area contributed by atoms with Gasteiger partial charge in [0, 0.05) is 11.3 Å². The molecule has 0 fully saturated rings. The van der Waals surface area contributed by atoms with Gasteiger partial charge in [0.25, 0.3) is 0 Å². The number of nitrogens with one attached hydrogen (secondary N) is 1. The van der Waals surface area contributed by atoms with Gasteiger partial charge < -0.3 is 9.84 Å². The maximum Gasteiger partial charge on any atom is 0.226 e. The average Bonchev–Trinajstić information content (AvgIpc) is 2.86. The Balaban J connectivity index is 1.85. The molecule has 0 amide bonds. The molecule has 2 rings (SSSR count). The van der Waals surface area contributed by atoms with Crippen molar-refractivity contribution in [2.75, 3.05) is 13.6 Å². The molecule has 19 heavy (non-hydrogen) atoms. The van der Waals surface area contributed by atoms with Gasteiger partial charge in [-0.2, -0.15) is 4.98 Å². The van der Waals surface area contributed by atoms with Crippen LogP contribution in [0.3, 0.4) is 0 Å². The average molecular weight is 277 g/mol. The van der Waals surface area contributed by atoms with Crippen molar-refractivity contribution in [2.24, 2.45) is 0 Å². The van der Waals surface area contributed by atoms with Gasteiger partial charge in [0.15, 0.2) is 5.82 Å². The van der Waals surface area contributed by atoms with E-state index in [2.05, 4.69) is 40.6 Å². The lowest BCUT2D eigenvalue weighted by molar-refractivity contribution is 0.371. The summed E-state index contributed by atoms with van der Waals surface area (Å²) in [6, 6.07) is 8.33. The molecule has 5 heteroatoms. The zero-order valence-corrected chi connectivity index (χ0v) is 12.2. The summed E-state index contributed by atoms with van der Waals surface area (Å²) in [5.41, 5.74) is 1.28. The van der Waals surface area contributed by atoms with Gasteiger partial charge in [0.1, 0.15) is 0 Å². The van der Waals surface area contributed by atoms with Crippen LogP contribution >= 0.6 is 11.8 Å². The maximum absolute atomic E-state index is 5.23. The van der Waals surface area contributed by atoms with Crippen LogP contribution < -0.4 is 5.32 Å². The van der Waals surface area contributed by atoms with Crippen molar-refractivity contribution >= 4 is 11.8 Å². The number of aromatic nitrogens is 2. The van der Waals surface area contributed by atoms with Gasteiger partial charge in [-0.1, -0.05) is 23.4 Å². The van der Waals surface area contributed by atoms with Gasteiger partial charge in [-0.3, -0.25) is 0 Å². The smallest absolute Gasteiger partial charge is 0.226 e. The molecule has 1 N–H and O–H groups in total. The van der Waals surface area contributed by atoms with E-state index in [0.717, 1.165) is 36.9 Å². The molecule has 4 nitrogen and oxygen atoms in total. The Kier molecular flexibility index (Phi) is 5.42. The van der Waals surface area contributed by atoms with Crippen molar-refractivity contribution in [1.82, 2.24) is 15.5 Å². The third-order valence-corrected chi connectivity index (χ3v) is 3.95. The summed E-state index contributed by atoms with van der Waals surface area (Å²) < 4.78 is 5.23. The summed E-state index contributed by atoms with van der Waals surface area (Å²) in [6.07, 6.45) is 1.85. The lowest BCUT2D eigenvalue weighted by atomic mass is 10.2. The highest BCUT2D eigenvalue weighted by atomic mass is 32.2. The molecule has 0 spiro atoms. The summed E-state index contributed by atoms with van der Waals surface area (Å²) in [4.78, 5) is 5.67. The van der Waals surface area contributed by atoms with Crippen LogP contribution in [0.25, 0.3) is 0 Å². The fourth-order valence-electron chi connectivity index (χ4n) is 1.73. The predicted molar refractivity (Wildman–Crippen MR) is 77.3 cm³/mol. The predicted octanol–water partition coefficient (Wildman–Crippen LogP) is 2.82. The van der Waals surface area contributed by atoms with Crippen molar-refractivity contribution in [3.8, 4) is 0 Å². The second kappa shape index (κ2) is 7.31. The highest BCUT2D eigenvalue weighted by Gasteiger charge is 2.07. The molecule has 0 radical (unpaired) electrons. The molecule has 1 heterocycles. The Hall–Kier alpha value is -1.33. The largest absolute Gasteiger partial charge is 0.339 e. The van der Waals surface area contributed by atoms with Crippen LogP contribution in [0, 0.1) is 6.92 Å². The van der Waals surface area contributed by atoms with Gasteiger partial charge in [-0.05, 0) is 38.6 Å². The highest BCUT2D eigenvalue weighted by Crippen LogP contribution is 2.24. The molecule has 102 valence electrons. The van der Waals surface area contributed by atoms with E-state index in [0.29, 0.717) is 0 Å². The number of nitrogens with zero attached hydrogens (tertiary/aromatic N) is 2. The lowest BCUT2D eigenvalue weighted by Gasteiger charge is -2.01. The summed E-state index contributed by atoms with van der Waals surface area (Å²) in [7, 11) is 1.94. The van der Waals surface area contributed by atoms with E-state index < -0.39 is 0 Å². The zero-order valence-electron chi connectivity index (χ0n) is 11.3. The summed E-state index contributed by atoms with van der Waals surface area (Å²) >= 11 is 1.74. The van der Waals surface area contributed by atoms with E-state index in [1.165, 1.54) is 10.5 Å². The molecular weight excluding hydrogens is 258 g/mol. The molecule has 0 aliphatic carbocycles. The van der Waals surface area contributed by atoms with Gasteiger partial charge in [-0.25, -0.2) is 0 Å². The lowest BCUT2D eigenvalue weighted by Crippen LogP contribution is -2.08. The zero-order chi connectivity index (χ0) is 13.5. The molecule has 1 aromatic carbocycles. The fourth-order valence-corrected chi connectivity index (χ4v) is 2.60. The van der Waals surface area contributed by atoms with Crippen molar-refractivity contribution in [1.29, 1.82) is 0 Å². The Morgan fingerprint density at radius 2 is 2.16 bits per heavy atom. The van der Waals surface area contributed by atoms with Crippen molar-refractivity contribution < 1.29 is 4.52 Å². The molecule has 0 aliphatic heterocycles. The molecule has 0 atom stereocenters. The van der Waals surface area contributed by atoms with Crippen molar-refractivity contribution in [3.63, 3.8) is 0 Å². The van der Waals surface area contributed by atoms with E-state index in [9.17, 15) is 0 Å². The Morgan fingerprint density at radius 3 is 2.95 bits per heavy atom. The monoisotopic (exact) mass is 277 g/mol. The van der Waals surface area contributed by atoms with E-state index >= 15 is 0 Å². The summed E-state index contributed by atoms with van der Waals surface area (Å²) in [6.45, 7) is 3.08. The van der Waals surface area contributed by atoms with Gasteiger partial charge >= 0.3 is 0 Å². The van der Waals surface area contributed by atoms with E-state index in [1.807, 2.05) is 13.1 Å². The molecular formula is C14H19N3OS. The topological polar surface area (TPSA) is 51.0 Å². The fraction of sp³-hybridized carbons (Fsp3) is 0.429. The maximum atomic E-state index is 5.23. The molecule has 1 aromatic heterocycles. The minimum Gasteiger partial charge on any atom is -0.339 e. The normalized spacial score (nSPS) is 10.8. The Labute approximate surface area is 118 Å². The van der Waals surface area contributed by atoms with Crippen LogP contribution in [0.1, 0.15) is 23.7 Å². The van der Waals surface area contributed by atoms with Crippen LogP contribution in [0.5, 0.6) is 0 Å². The second-order valence-electron chi connectivity index (χ2n) is 4.37. The first-order valence-corrected chi connectivity index (χ1v) is 7.42. The Bertz CT molecular complexity index is 513. The third-order valence-electron chi connectivity index (χ3n) is 2.78. The first kappa shape index (κ1) is 14.1. The molecule has 0 saturated heterocycles. The van der Waals surface area contributed by atoms with E-state index in [4.69, 9.17) is 4.52 Å². The van der Waals surface area contributed by atoms with Crippen LogP contribution in [-0.2, 0) is 12.2 Å². The van der Waals surface area contributed by atoms with Crippen LogP contribution in [0.4, 0.5) is 0 Å². The Morgan fingerprint density at radius 1 is 1.32 bits per heavy atom. The molecule has 2 aromatic rings. The quantitative estimate of drug-likeness (QED) is 0.623. The van der Waals surface area contributed by atoms with Gasteiger partial charge in [0.2, 0.25) is 5.89 Å². The van der Waals surface area contributed by atoms with Gasteiger partial charge in [0.05, 0.1) is 5.75 Å². The number of hydrogen-bond donors (Lipinski definition) is 1. The van der Waals surface area contributed by atoms with E-state index in [-0.39, 0.29) is 0 Å². The van der Waals surface area contributed by atoms with Crippen LogP contribution in [0.2, 0.25) is 0 Å². The SMILES string of the molecule is CNCCCc1nc(CSc2ccccc2C)no1. The second-order valence-corrected chi connectivity index (χ2v) is 5.38. The first-order chi connectivity index (χ1) is 9.29. The standard InChI is InChI=1S/C14H19N3OS/c1-11-6-3-4-7-12(11)19-10-13-16-14(18-17-13)8-5-9-15-2/h3-4,6-7,15H,5,8-10H2,1-2H3. The summed E-state index contributed by atoms with van der Waals surface area (Å²) in [5, 5.41) is 7.12. The van der Waals surface area contributed by atoms with Crippen LogP contribution in [0.15, 0.2) is 33.7 Å². The van der Waals surface area contributed by atoms with Crippen molar-refractivity contribution in [3.05, 3.63) is 41.5 Å². The number of benzene rings is 1. The number of rotatable bonds is 7. The van der Waals surface area contributed by atoms with Crippen LogP contribution in [-0.4, -0.2) is 23.7 Å². The number of hydrogen-bond acceptors (Lipinski definition) is 5. The molecule has 0 aliphatic rings. The minimum absolute atomic E-state index is 0.732. The van der Waals surface area contributed by atoms with E-state index in [1.54, 1.807) is 11.8 Å². The number of aryl methyl sites for hydroxylation is 2.